The molecule has 0 aliphatic heterocycles. The molecule has 100 valence electrons. The van der Waals surface area contributed by atoms with Crippen LogP contribution in [0.3, 0.4) is 0 Å². The Morgan fingerprint density at radius 2 is 2.10 bits per heavy atom. The summed E-state index contributed by atoms with van der Waals surface area (Å²) in [6.45, 7) is 0. The number of H-pyrrole nitrogens is 1. The number of aromatic nitrogens is 2. The van der Waals surface area contributed by atoms with E-state index in [1.165, 1.54) is 0 Å². The maximum atomic E-state index is 12.6. The monoisotopic (exact) mass is 329 g/mol. The largest absolute Gasteiger partial charge is 0.360 e. The highest BCUT2D eigenvalue weighted by atomic mass is 79.9. The van der Waals surface area contributed by atoms with Crippen molar-refractivity contribution >= 4 is 38.6 Å². The number of benzene rings is 1. The molecule has 20 heavy (non-hydrogen) atoms. The molecule has 3 aromatic rings. The molecule has 0 unspecified atom stereocenters. The predicted molar refractivity (Wildman–Crippen MR) is 83.0 cm³/mol. The van der Waals surface area contributed by atoms with Crippen molar-refractivity contribution in [1.82, 2.24) is 9.97 Å². The van der Waals surface area contributed by atoms with Crippen LogP contribution < -0.4 is 4.90 Å². The summed E-state index contributed by atoms with van der Waals surface area (Å²) in [5.74, 6) is 0.516. The highest BCUT2D eigenvalue weighted by Gasteiger charge is 2.18. The third-order valence-corrected chi connectivity index (χ3v) is 3.67. The third kappa shape index (κ3) is 2.20. The number of halogens is 1. The van der Waals surface area contributed by atoms with Crippen LogP contribution in [-0.4, -0.2) is 22.9 Å². The summed E-state index contributed by atoms with van der Waals surface area (Å²) in [7, 11) is 1.72. The van der Waals surface area contributed by atoms with Gasteiger partial charge in [-0.05, 0) is 18.2 Å². The fraction of sp³-hybridized carbons (Fsp3) is 0.0667. The lowest BCUT2D eigenvalue weighted by Crippen LogP contribution is -2.26. The van der Waals surface area contributed by atoms with Crippen LogP contribution in [0.15, 0.2) is 53.3 Å². The Balaban J connectivity index is 2.00. The van der Waals surface area contributed by atoms with Gasteiger partial charge >= 0.3 is 0 Å². The minimum atomic E-state index is -0.0898. The van der Waals surface area contributed by atoms with E-state index in [1.807, 2.05) is 36.4 Å². The van der Waals surface area contributed by atoms with Gasteiger partial charge in [-0.15, -0.1) is 0 Å². The maximum absolute atomic E-state index is 12.6. The van der Waals surface area contributed by atoms with Crippen LogP contribution in [0.2, 0.25) is 0 Å². The van der Waals surface area contributed by atoms with Gasteiger partial charge in [0.15, 0.2) is 0 Å². The SMILES string of the molecule is CN(C(=O)c1c[nH]c2ccccc12)c1cc(Br)ccn1. The zero-order valence-corrected chi connectivity index (χ0v) is 12.4. The topological polar surface area (TPSA) is 49.0 Å². The average Bonchev–Trinajstić information content (AvgIpc) is 2.89. The number of nitrogens with one attached hydrogen (secondary N) is 1. The zero-order valence-electron chi connectivity index (χ0n) is 10.8. The Labute approximate surface area is 124 Å². The van der Waals surface area contributed by atoms with Crippen molar-refractivity contribution in [3.63, 3.8) is 0 Å². The van der Waals surface area contributed by atoms with Crippen molar-refractivity contribution in [2.75, 3.05) is 11.9 Å². The minimum absolute atomic E-state index is 0.0898. The Morgan fingerprint density at radius 3 is 2.90 bits per heavy atom. The second-order valence-electron chi connectivity index (χ2n) is 4.44. The lowest BCUT2D eigenvalue weighted by atomic mass is 10.1. The van der Waals surface area contributed by atoms with Crippen molar-refractivity contribution in [2.24, 2.45) is 0 Å². The molecule has 2 aromatic heterocycles. The molecule has 0 spiro atoms. The molecule has 0 saturated heterocycles. The van der Waals surface area contributed by atoms with Gasteiger partial charge in [0.05, 0.1) is 5.56 Å². The van der Waals surface area contributed by atoms with Crippen molar-refractivity contribution in [3.05, 3.63) is 58.8 Å². The first-order valence-corrected chi connectivity index (χ1v) is 6.92. The Morgan fingerprint density at radius 1 is 1.30 bits per heavy atom. The van der Waals surface area contributed by atoms with Gasteiger partial charge in [-0.25, -0.2) is 4.98 Å². The van der Waals surface area contributed by atoms with Crippen molar-refractivity contribution in [1.29, 1.82) is 0 Å². The van der Waals surface area contributed by atoms with E-state index in [0.717, 1.165) is 15.4 Å². The van der Waals surface area contributed by atoms with Gasteiger partial charge in [0, 0.05) is 34.8 Å². The summed E-state index contributed by atoms with van der Waals surface area (Å²) in [6, 6.07) is 11.4. The van der Waals surface area contributed by atoms with Crippen LogP contribution in [0.5, 0.6) is 0 Å². The van der Waals surface area contributed by atoms with Crippen molar-refractivity contribution < 1.29 is 4.79 Å². The molecule has 1 amide bonds. The number of rotatable bonds is 2. The lowest BCUT2D eigenvalue weighted by Gasteiger charge is -2.15. The quantitative estimate of drug-likeness (QED) is 0.780. The summed E-state index contributed by atoms with van der Waals surface area (Å²) in [5.41, 5.74) is 1.59. The van der Waals surface area contributed by atoms with Crippen LogP contribution in [-0.2, 0) is 0 Å². The molecule has 0 bridgehead atoms. The third-order valence-electron chi connectivity index (χ3n) is 3.18. The number of amides is 1. The molecule has 0 aliphatic rings. The van der Waals surface area contributed by atoms with Gasteiger partial charge in [0.25, 0.3) is 5.91 Å². The number of aromatic amines is 1. The number of carbonyl (C=O) groups is 1. The number of nitrogens with zero attached hydrogens (tertiary/aromatic N) is 2. The maximum Gasteiger partial charge on any atom is 0.261 e. The number of para-hydroxylation sites is 1. The Kier molecular flexibility index (Phi) is 3.28. The van der Waals surface area contributed by atoms with E-state index in [1.54, 1.807) is 24.3 Å². The fourth-order valence-corrected chi connectivity index (χ4v) is 2.43. The van der Waals surface area contributed by atoms with Gasteiger partial charge in [-0.3, -0.25) is 9.69 Å². The Hall–Kier alpha value is -2.14. The zero-order chi connectivity index (χ0) is 14.1. The first-order valence-electron chi connectivity index (χ1n) is 6.12. The molecule has 4 nitrogen and oxygen atoms in total. The molecular formula is C15H12BrN3O. The van der Waals surface area contributed by atoms with E-state index < -0.39 is 0 Å². The highest BCUT2D eigenvalue weighted by Crippen LogP contribution is 2.22. The van der Waals surface area contributed by atoms with Gasteiger partial charge in [0.1, 0.15) is 5.82 Å². The number of carbonyl (C=O) groups excluding carboxylic acids is 1. The second kappa shape index (κ2) is 5.09. The van der Waals surface area contributed by atoms with Crippen molar-refractivity contribution in [2.45, 2.75) is 0 Å². The predicted octanol–water partition coefficient (Wildman–Crippen LogP) is 3.60. The number of hydrogen-bond acceptors (Lipinski definition) is 2. The highest BCUT2D eigenvalue weighted by molar-refractivity contribution is 9.10. The van der Waals surface area contributed by atoms with Crippen molar-refractivity contribution in [3.8, 4) is 0 Å². The number of pyridine rings is 1. The van der Waals surface area contributed by atoms with E-state index in [0.29, 0.717) is 11.4 Å². The summed E-state index contributed by atoms with van der Waals surface area (Å²) in [5, 5.41) is 0.916. The number of fused-ring (bicyclic) bond motifs is 1. The minimum Gasteiger partial charge on any atom is -0.360 e. The molecule has 5 heteroatoms. The Bertz CT molecular complexity index is 781. The molecule has 1 N–H and O–H groups in total. The molecular weight excluding hydrogens is 318 g/mol. The smallest absolute Gasteiger partial charge is 0.261 e. The molecule has 0 radical (unpaired) electrons. The molecule has 3 rings (SSSR count). The summed E-state index contributed by atoms with van der Waals surface area (Å²) >= 11 is 3.38. The number of hydrogen-bond donors (Lipinski definition) is 1. The van der Waals surface area contributed by atoms with E-state index in [9.17, 15) is 4.79 Å². The van der Waals surface area contributed by atoms with Gasteiger partial charge in [-0.1, -0.05) is 34.1 Å². The first kappa shape index (κ1) is 12.9. The molecule has 2 heterocycles. The second-order valence-corrected chi connectivity index (χ2v) is 5.36. The normalized spacial score (nSPS) is 10.7. The molecule has 1 aromatic carbocycles. The van der Waals surface area contributed by atoms with Crippen LogP contribution in [0.4, 0.5) is 5.82 Å². The van der Waals surface area contributed by atoms with Gasteiger partial charge in [-0.2, -0.15) is 0 Å². The standard InChI is InChI=1S/C15H12BrN3O/c1-19(14-8-10(16)6-7-17-14)15(20)12-9-18-13-5-3-2-4-11(12)13/h2-9,18H,1H3. The molecule has 0 aliphatic carbocycles. The van der Waals surface area contributed by atoms with E-state index in [-0.39, 0.29) is 5.91 Å². The van der Waals surface area contributed by atoms with E-state index in [2.05, 4.69) is 25.9 Å². The summed E-state index contributed by atoms with van der Waals surface area (Å²) in [6.07, 6.45) is 3.40. The average molecular weight is 330 g/mol. The summed E-state index contributed by atoms with van der Waals surface area (Å²) in [4.78, 5) is 21.4. The summed E-state index contributed by atoms with van der Waals surface area (Å²) < 4.78 is 0.890. The van der Waals surface area contributed by atoms with Crippen LogP contribution in [0, 0.1) is 0 Å². The van der Waals surface area contributed by atoms with Crippen LogP contribution >= 0.6 is 15.9 Å². The van der Waals surface area contributed by atoms with E-state index >= 15 is 0 Å². The van der Waals surface area contributed by atoms with E-state index in [4.69, 9.17) is 0 Å². The lowest BCUT2D eigenvalue weighted by molar-refractivity contribution is 0.0994. The molecule has 0 fully saturated rings. The first-order chi connectivity index (χ1) is 9.66. The van der Waals surface area contributed by atoms with Crippen LogP contribution in [0.1, 0.15) is 10.4 Å². The van der Waals surface area contributed by atoms with Gasteiger partial charge < -0.3 is 4.98 Å². The van der Waals surface area contributed by atoms with Gasteiger partial charge in [0.2, 0.25) is 0 Å². The van der Waals surface area contributed by atoms with Crippen LogP contribution in [0.25, 0.3) is 10.9 Å². The molecule has 0 atom stereocenters. The fourth-order valence-electron chi connectivity index (χ4n) is 2.11. The number of anilines is 1. The molecule has 0 saturated carbocycles.